The van der Waals surface area contributed by atoms with E-state index in [1.54, 1.807) is 29.5 Å². The van der Waals surface area contributed by atoms with Gasteiger partial charge in [0.15, 0.2) is 5.65 Å². The van der Waals surface area contributed by atoms with Gasteiger partial charge in [0.25, 0.3) is 10.0 Å². The van der Waals surface area contributed by atoms with Crippen molar-refractivity contribution in [2.45, 2.75) is 18.7 Å². The van der Waals surface area contributed by atoms with Gasteiger partial charge in [0.1, 0.15) is 10.7 Å². The average molecular weight is 302 g/mol. The number of aromatic nitrogens is 3. The van der Waals surface area contributed by atoms with Gasteiger partial charge in [0.2, 0.25) is 0 Å². The van der Waals surface area contributed by atoms with Crippen molar-refractivity contribution in [3.8, 4) is 0 Å². The molecule has 1 N–H and O–H groups in total. The van der Waals surface area contributed by atoms with Crippen molar-refractivity contribution < 1.29 is 8.42 Å². The van der Waals surface area contributed by atoms with Crippen LogP contribution in [0.1, 0.15) is 11.4 Å². The zero-order valence-corrected chi connectivity index (χ0v) is 12.4. The zero-order valence-electron chi connectivity index (χ0n) is 11.6. The molecule has 7 heteroatoms. The van der Waals surface area contributed by atoms with Crippen LogP contribution in [0.25, 0.3) is 5.65 Å². The maximum Gasteiger partial charge on any atom is 0.263 e. The summed E-state index contributed by atoms with van der Waals surface area (Å²) in [5.74, 6) is 0.636. The van der Waals surface area contributed by atoms with E-state index in [2.05, 4.69) is 14.9 Å². The Morgan fingerprint density at radius 2 is 1.71 bits per heavy atom. The fourth-order valence-electron chi connectivity index (χ4n) is 1.98. The predicted octanol–water partition coefficient (Wildman–Crippen LogP) is 2.15. The molecule has 0 atom stereocenters. The second-order valence-electron chi connectivity index (χ2n) is 4.81. The van der Waals surface area contributed by atoms with Crippen LogP contribution in [0, 0.1) is 13.8 Å². The fourth-order valence-corrected chi connectivity index (χ4v) is 3.04. The molecule has 2 aromatic heterocycles. The molecule has 0 aliphatic carbocycles. The smallest absolute Gasteiger partial charge is 0.263 e. The molecular formula is C14H14N4O2S. The fraction of sp³-hybridized carbons (Fsp3) is 0.143. The number of pyridine rings is 1. The van der Waals surface area contributed by atoms with Crippen molar-refractivity contribution in [2.24, 2.45) is 0 Å². The lowest BCUT2D eigenvalue weighted by molar-refractivity contribution is 0.600. The minimum absolute atomic E-state index is 0.165. The number of aryl methyl sites for hydroxylation is 2. The van der Waals surface area contributed by atoms with Crippen LogP contribution in [-0.2, 0) is 10.0 Å². The van der Waals surface area contributed by atoms with Crippen LogP contribution < -0.4 is 4.72 Å². The Morgan fingerprint density at radius 1 is 1.00 bits per heavy atom. The lowest BCUT2D eigenvalue weighted by atomic mass is 10.2. The summed E-state index contributed by atoms with van der Waals surface area (Å²) in [6.07, 6.45) is 1.52. The summed E-state index contributed by atoms with van der Waals surface area (Å²) >= 11 is 0. The number of anilines is 1. The monoisotopic (exact) mass is 302 g/mol. The Labute approximate surface area is 122 Å². The Hall–Kier alpha value is -2.41. The summed E-state index contributed by atoms with van der Waals surface area (Å²) in [5.41, 5.74) is 2.21. The van der Waals surface area contributed by atoms with Gasteiger partial charge in [-0.05, 0) is 38.1 Å². The molecule has 0 amide bonds. The van der Waals surface area contributed by atoms with Crippen LogP contribution >= 0.6 is 0 Å². The van der Waals surface area contributed by atoms with Crippen molar-refractivity contribution in [3.63, 3.8) is 0 Å². The quantitative estimate of drug-likeness (QED) is 0.804. The highest BCUT2D eigenvalue weighted by molar-refractivity contribution is 7.92. The number of nitrogens with one attached hydrogen (secondary N) is 1. The number of sulfonamides is 1. The minimum Gasteiger partial charge on any atom is -0.285 e. The highest BCUT2D eigenvalue weighted by Crippen LogP contribution is 2.17. The summed E-state index contributed by atoms with van der Waals surface area (Å²) in [4.78, 5) is 0.165. The molecule has 0 fully saturated rings. The van der Waals surface area contributed by atoms with E-state index in [9.17, 15) is 8.42 Å². The van der Waals surface area contributed by atoms with Gasteiger partial charge < -0.3 is 0 Å². The second-order valence-corrected chi connectivity index (χ2v) is 6.49. The van der Waals surface area contributed by atoms with Crippen LogP contribution in [0.4, 0.5) is 5.69 Å². The maximum atomic E-state index is 12.4. The summed E-state index contributed by atoms with van der Waals surface area (Å²) in [5, 5.41) is 7.84. The van der Waals surface area contributed by atoms with Crippen molar-refractivity contribution >= 4 is 21.4 Å². The van der Waals surface area contributed by atoms with Gasteiger partial charge in [-0.2, -0.15) is 0 Å². The van der Waals surface area contributed by atoms with Crippen LogP contribution in [0.3, 0.4) is 0 Å². The molecule has 21 heavy (non-hydrogen) atoms. The van der Waals surface area contributed by atoms with E-state index in [1.165, 1.54) is 12.3 Å². The molecular weight excluding hydrogens is 288 g/mol. The maximum absolute atomic E-state index is 12.4. The van der Waals surface area contributed by atoms with Gasteiger partial charge in [-0.3, -0.25) is 9.12 Å². The molecule has 6 nitrogen and oxygen atoms in total. The van der Waals surface area contributed by atoms with E-state index in [4.69, 9.17) is 0 Å². The molecule has 0 saturated carbocycles. The SMILES string of the molecule is Cc1ccc(NS(=O)(=O)c2ccc3nnc(C)n3c2)cc1. The first-order valence-corrected chi connectivity index (χ1v) is 7.85. The van der Waals surface area contributed by atoms with Gasteiger partial charge in [-0.25, -0.2) is 8.42 Å². The minimum atomic E-state index is -3.64. The van der Waals surface area contributed by atoms with E-state index in [0.717, 1.165) is 5.56 Å². The number of benzene rings is 1. The van der Waals surface area contributed by atoms with Crippen LogP contribution in [0.15, 0.2) is 47.5 Å². The third-order valence-electron chi connectivity index (χ3n) is 3.16. The summed E-state index contributed by atoms with van der Waals surface area (Å²) in [6, 6.07) is 10.3. The molecule has 3 aromatic rings. The number of hydrogen-bond acceptors (Lipinski definition) is 4. The first-order chi connectivity index (χ1) is 9.95. The molecule has 0 spiro atoms. The van der Waals surface area contributed by atoms with E-state index < -0.39 is 10.0 Å². The third-order valence-corrected chi connectivity index (χ3v) is 4.53. The number of fused-ring (bicyclic) bond motifs is 1. The summed E-state index contributed by atoms with van der Waals surface area (Å²) in [6.45, 7) is 3.71. The molecule has 0 saturated heterocycles. The van der Waals surface area contributed by atoms with E-state index >= 15 is 0 Å². The Balaban J connectivity index is 1.99. The van der Waals surface area contributed by atoms with Crippen LogP contribution in [-0.4, -0.2) is 23.0 Å². The number of rotatable bonds is 3. The van der Waals surface area contributed by atoms with E-state index in [1.807, 2.05) is 19.1 Å². The van der Waals surface area contributed by atoms with Crippen LogP contribution in [0.2, 0.25) is 0 Å². The highest BCUT2D eigenvalue weighted by Gasteiger charge is 2.15. The molecule has 2 heterocycles. The lowest BCUT2D eigenvalue weighted by Crippen LogP contribution is -2.13. The molecule has 0 bridgehead atoms. The van der Waals surface area contributed by atoms with Gasteiger partial charge in [0.05, 0.1) is 0 Å². The standard InChI is InChI=1S/C14H14N4O2S/c1-10-3-5-12(6-4-10)17-21(19,20)13-7-8-14-16-15-11(2)18(14)9-13/h3-9,17H,1-2H3. The summed E-state index contributed by atoms with van der Waals surface area (Å²) < 4.78 is 29.0. The number of nitrogens with zero attached hydrogens (tertiary/aromatic N) is 3. The largest absolute Gasteiger partial charge is 0.285 e. The van der Waals surface area contributed by atoms with Gasteiger partial charge in [-0.1, -0.05) is 17.7 Å². The Morgan fingerprint density at radius 3 is 2.43 bits per heavy atom. The summed E-state index contributed by atoms with van der Waals surface area (Å²) in [7, 11) is -3.64. The molecule has 0 unspecified atom stereocenters. The van der Waals surface area contributed by atoms with Crippen molar-refractivity contribution in [2.75, 3.05) is 4.72 Å². The predicted molar refractivity (Wildman–Crippen MR) is 79.7 cm³/mol. The van der Waals surface area contributed by atoms with Crippen molar-refractivity contribution in [3.05, 3.63) is 54.0 Å². The molecule has 3 rings (SSSR count). The molecule has 1 aromatic carbocycles. The molecule has 108 valence electrons. The average Bonchev–Trinajstić information content (AvgIpc) is 2.82. The Kier molecular flexibility index (Phi) is 3.13. The molecule has 0 aliphatic rings. The van der Waals surface area contributed by atoms with E-state index in [0.29, 0.717) is 17.2 Å². The first kappa shape index (κ1) is 13.6. The van der Waals surface area contributed by atoms with Gasteiger partial charge in [-0.15, -0.1) is 10.2 Å². The van der Waals surface area contributed by atoms with Crippen LogP contribution in [0.5, 0.6) is 0 Å². The normalized spacial score (nSPS) is 11.7. The highest BCUT2D eigenvalue weighted by atomic mass is 32.2. The van der Waals surface area contributed by atoms with E-state index in [-0.39, 0.29) is 4.90 Å². The second kappa shape index (κ2) is 4.85. The molecule has 0 radical (unpaired) electrons. The number of hydrogen-bond donors (Lipinski definition) is 1. The third kappa shape index (κ3) is 2.59. The van der Waals surface area contributed by atoms with Crippen molar-refractivity contribution in [1.82, 2.24) is 14.6 Å². The van der Waals surface area contributed by atoms with Crippen molar-refractivity contribution in [1.29, 1.82) is 0 Å². The lowest BCUT2D eigenvalue weighted by Gasteiger charge is -2.08. The van der Waals surface area contributed by atoms with Gasteiger partial charge in [0, 0.05) is 11.9 Å². The Bertz CT molecular complexity index is 898. The zero-order chi connectivity index (χ0) is 15.0. The molecule has 0 aliphatic heterocycles. The van der Waals surface area contributed by atoms with Gasteiger partial charge >= 0.3 is 0 Å². The first-order valence-electron chi connectivity index (χ1n) is 6.36. The topological polar surface area (TPSA) is 76.4 Å².